The number of carbonyl (C=O) groups excluding carboxylic acids is 1. The highest BCUT2D eigenvalue weighted by Crippen LogP contribution is 2.18. The quantitative estimate of drug-likeness (QED) is 0.868. The first kappa shape index (κ1) is 17.2. The fourth-order valence-electron chi connectivity index (χ4n) is 3.49. The van der Waals surface area contributed by atoms with Gasteiger partial charge in [0.05, 0.1) is 13.2 Å². The number of hydrogen-bond acceptors (Lipinski definition) is 4. The first-order chi connectivity index (χ1) is 11.7. The number of ether oxygens (including phenoxy) is 2. The maximum atomic E-state index is 12.4. The second-order valence-corrected chi connectivity index (χ2v) is 6.74. The molecule has 5 heteroatoms. The van der Waals surface area contributed by atoms with Gasteiger partial charge in [-0.15, -0.1) is 0 Å². The molecule has 0 saturated carbocycles. The van der Waals surface area contributed by atoms with Crippen molar-refractivity contribution in [2.24, 2.45) is 5.92 Å². The third-order valence-corrected chi connectivity index (χ3v) is 4.89. The smallest absolute Gasteiger partial charge is 0.251 e. The Labute approximate surface area is 144 Å². The fourth-order valence-corrected chi connectivity index (χ4v) is 3.49. The van der Waals surface area contributed by atoms with E-state index in [1.54, 1.807) is 0 Å². The molecule has 2 aliphatic heterocycles. The molecule has 1 aromatic carbocycles. The van der Waals surface area contributed by atoms with Crippen molar-refractivity contribution >= 4 is 5.91 Å². The second kappa shape index (κ2) is 8.49. The van der Waals surface area contributed by atoms with Gasteiger partial charge >= 0.3 is 0 Å². The summed E-state index contributed by atoms with van der Waals surface area (Å²) in [6.07, 6.45) is 3.24. The van der Waals surface area contributed by atoms with Crippen LogP contribution in [0.3, 0.4) is 0 Å². The van der Waals surface area contributed by atoms with Crippen LogP contribution in [-0.4, -0.2) is 56.3 Å². The summed E-state index contributed by atoms with van der Waals surface area (Å²) in [6, 6.07) is 7.64. The van der Waals surface area contributed by atoms with Gasteiger partial charge in [0.25, 0.3) is 5.91 Å². The van der Waals surface area contributed by atoms with E-state index in [1.807, 2.05) is 31.2 Å². The van der Waals surface area contributed by atoms with E-state index >= 15 is 0 Å². The predicted molar refractivity (Wildman–Crippen MR) is 93.5 cm³/mol. The van der Waals surface area contributed by atoms with Gasteiger partial charge in [-0.1, -0.05) is 0 Å². The fraction of sp³-hybridized carbons (Fsp3) is 0.632. The molecule has 3 rings (SSSR count). The van der Waals surface area contributed by atoms with Crippen molar-refractivity contribution in [3.63, 3.8) is 0 Å². The normalized spacial score (nSPS) is 22.5. The third kappa shape index (κ3) is 4.71. The van der Waals surface area contributed by atoms with E-state index in [0.29, 0.717) is 18.1 Å². The Morgan fingerprint density at radius 3 is 2.62 bits per heavy atom. The van der Waals surface area contributed by atoms with Gasteiger partial charge in [0.1, 0.15) is 5.75 Å². The highest BCUT2D eigenvalue weighted by Gasteiger charge is 2.24. The zero-order chi connectivity index (χ0) is 16.8. The number of benzene rings is 1. The molecule has 2 fully saturated rings. The minimum atomic E-state index is 0.0145. The number of likely N-dealkylation sites (tertiary alicyclic amines) is 1. The summed E-state index contributed by atoms with van der Waals surface area (Å²) < 4.78 is 10.9. The largest absolute Gasteiger partial charge is 0.494 e. The average molecular weight is 332 g/mol. The zero-order valence-corrected chi connectivity index (χ0v) is 14.5. The van der Waals surface area contributed by atoms with Crippen molar-refractivity contribution in [2.45, 2.75) is 32.2 Å². The van der Waals surface area contributed by atoms with Gasteiger partial charge in [0.15, 0.2) is 0 Å². The van der Waals surface area contributed by atoms with Crippen molar-refractivity contribution < 1.29 is 14.3 Å². The van der Waals surface area contributed by atoms with Crippen LogP contribution in [0.1, 0.15) is 36.5 Å². The summed E-state index contributed by atoms with van der Waals surface area (Å²) in [6.45, 7) is 7.67. The minimum absolute atomic E-state index is 0.0145. The van der Waals surface area contributed by atoms with Crippen molar-refractivity contribution in [3.05, 3.63) is 29.8 Å². The van der Waals surface area contributed by atoms with E-state index in [2.05, 4.69) is 10.2 Å². The van der Waals surface area contributed by atoms with Crippen molar-refractivity contribution in [2.75, 3.05) is 39.5 Å². The zero-order valence-electron chi connectivity index (χ0n) is 14.5. The molecule has 2 saturated heterocycles. The molecule has 0 spiro atoms. The number of piperidine rings is 1. The Morgan fingerprint density at radius 1 is 1.25 bits per heavy atom. The van der Waals surface area contributed by atoms with Crippen molar-refractivity contribution in [3.8, 4) is 5.75 Å². The average Bonchev–Trinajstić information content (AvgIpc) is 3.10. The summed E-state index contributed by atoms with van der Waals surface area (Å²) in [5, 5.41) is 3.17. The Bertz CT molecular complexity index is 518. The lowest BCUT2D eigenvalue weighted by Gasteiger charge is -2.33. The lowest BCUT2D eigenvalue weighted by atomic mass is 10.0. The lowest BCUT2D eigenvalue weighted by Crippen LogP contribution is -2.45. The molecule has 1 aromatic rings. The summed E-state index contributed by atoms with van der Waals surface area (Å²) in [5.74, 6) is 1.51. The standard InChI is InChI=1S/C19H28N2O3/c1-2-24-18-5-3-16(4-6-18)19(22)20-17-7-10-21(11-8-17)13-15-9-12-23-14-15/h3-6,15,17H,2,7-14H2,1H3,(H,20,22). The number of nitrogens with zero attached hydrogens (tertiary/aromatic N) is 1. The maximum absolute atomic E-state index is 12.4. The maximum Gasteiger partial charge on any atom is 0.251 e. The van der Waals surface area contributed by atoms with Crippen LogP contribution in [0.2, 0.25) is 0 Å². The molecule has 1 N–H and O–H groups in total. The molecule has 2 heterocycles. The Kier molecular flexibility index (Phi) is 6.10. The molecule has 1 amide bonds. The molecule has 5 nitrogen and oxygen atoms in total. The van der Waals surface area contributed by atoms with Crippen LogP contribution in [0.25, 0.3) is 0 Å². The van der Waals surface area contributed by atoms with E-state index in [9.17, 15) is 4.79 Å². The highest BCUT2D eigenvalue weighted by molar-refractivity contribution is 5.94. The van der Waals surface area contributed by atoms with Gasteiger partial charge in [-0.3, -0.25) is 4.79 Å². The Hall–Kier alpha value is -1.59. The number of nitrogens with one attached hydrogen (secondary N) is 1. The van der Waals surface area contributed by atoms with Gasteiger partial charge in [-0.2, -0.15) is 0 Å². The van der Waals surface area contributed by atoms with E-state index in [1.165, 1.54) is 6.42 Å². The van der Waals surface area contributed by atoms with E-state index < -0.39 is 0 Å². The van der Waals surface area contributed by atoms with Gasteiger partial charge in [0.2, 0.25) is 0 Å². The van der Waals surface area contributed by atoms with Gasteiger partial charge in [-0.05, 0) is 56.4 Å². The number of carbonyl (C=O) groups is 1. The SMILES string of the molecule is CCOc1ccc(C(=O)NC2CCN(CC3CCOC3)CC2)cc1. The molecule has 1 unspecified atom stereocenters. The molecule has 0 radical (unpaired) electrons. The van der Waals surface area contributed by atoms with Gasteiger partial charge in [-0.25, -0.2) is 0 Å². The molecule has 0 aromatic heterocycles. The van der Waals surface area contributed by atoms with E-state index in [4.69, 9.17) is 9.47 Å². The molecule has 0 aliphatic carbocycles. The molecule has 132 valence electrons. The van der Waals surface area contributed by atoms with Crippen LogP contribution < -0.4 is 10.1 Å². The molecular formula is C19H28N2O3. The number of amides is 1. The molecular weight excluding hydrogens is 304 g/mol. The minimum Gasteiger partial charge on any atom is -0.494 e. The Morgan fingerprint density at radius 2 is 2.00 bits per heavy atom. The summed E-state index contributed by atoms with van der Waals surface area (Å²) in [4.78, 5) is 14.9. The second-order valence-electron chi connectivity index (χ2n) is 6.74. The van der Waals surface area contributed by atoms with E-state index in [-0.39, 0.29) is 11.9 Å². The van der Waals surface area contributed by atoms with Crippen LogP contribution in [0.4, 0.5) is 0 Å². The molecule has 0 bridgehead atoms. The summed E-state index contributed by atoms with van der Waals surface area (Å²) in [5.41, 5.74) is 0.698. The van der Waals surface area contributed by atoms with Gasteiger partial charge in [0, 0.05) is 37.8 Å². The summed E-state index contributed by atoms with van der Waals surface area (Å²) >= 11 is 0. The lowest BCUT2D eigenvalue weighted by molar-refractivity contribution is 0.0903. The van der Waals surface area contributed by atoms with Crippen LogP contribution in [0, 0.1) is 5.92 Å². The summed E-state index contributed by atoms with van der Waals surface area (Å²) in [7, 11) is 0. The Balaban J connectivity index is 1.42. The topological polar surface area (TPSA) is 50.8 Å². The number of hydrogen-bond donors (Lipinski definition) is 1. The number of rotatable bonds is 6. The highest BCUT2D eigenvalue weighted by atomic mass is 16.5. The molecule has 24 heavy (non-hydrogen) atoms. The van der Waals surface area contributed by atoms with Crippen LogP contribution in [0.15, 0.2) is 24.3 Å². The third-order valence-electron chi connectivity index (χ3n) is 4.89. The first-order valence-corrected chi connectivity index (χ1v) is 9.08. The monoisotopic (exact) mass is 332 g/mol. The van der Waals surface area contributed by atoms with E-state index in [0.717, 1.165) is 51.4 Å². The van der Waals surface area contributed by atoms with Crippen LogP contribution in [-0.2, 0) is 4.74 Å². The first-order valence-electron chi connectivity index (χ1n) is 9.08. The van der Waals surface area contributed by atoms with Crippen molar-refractivity contribution in [1.29, 1.82) is 0 Å². The van der Waals surface area contributed by atoms with Crippen LogP contribution in [0.5, 0.6) is 5.75 Å². The van der Waals surface area contributed by atoms with Gasteiger partial charge < -0.3 is 19.7 Å². The predicted octanol–water partition coefficient (Wildman–Crippen LogP) is 2.32. The molecule has 1 atom stereocenters. The van der Waals surface area contributed by atoms with Crippen LogP contribution >= 0.6 is 0 Å². The van der Waals surface area contributed by atoms with Crippen molar-refractivity contribution in [1.82, 2.24) is 10.2 Å². The molecule has 2 aliphatic rings.